The molecule has 1 atom stereocenters. The van der Waals surface area contributed by atoms with E-state index in [-0.39, 0.29) is 6.61 Å². The van der Waals surface area contributed by atoms with Crippen LogP contribution in [0.15, 0.2) is 42.6 Å². The SMILES string of the molecule is C=C[Si](C)(C)C(CCO)c1ccccc1. The van der Waals surface area contributed by atoms with Crippen molar-refractivity contribution in [2.45, 2.75) is 25.1 Å². The van der Waals surface area contributed by atoms with Crippen LogP contribution in [0.4, 0.5) is 0 Å². The van der Waals surface area contributed by atoms with Crippen LogP contribution in [0, 0.1) is 0 Å². The second-order valence-corrected chi connectivity index (χ2v) is 9.25. The van der Waals surface area contributed by atoms with E-state index in [0.29, 0.717) is 5.54 Å². The molecule has 0 aliphatic carbocycles. The molecule has 15 heavy (non-hydrogen) atoms. The van der Waals surface area contributed by atoms with E-state index < -0.39 is 8.07 Å². The number of aliphatic hydroxyl groups excluding tert-OH is 1. The van der Waals surface area contributed by atoms with E-state index in [2.05, 4.69) is 49.6 Å². The van der Waals surface area contributed by atoms with E-state index in [4.69, 9.17) is 5.11 Å². The fourth-order valence-electron chi connectivity index (χ4n) is 1.92. The van der Waals surface area contributed by atoms with E-state index in [9.17, 15) is 0 Å². The fourth-order valence-corrected chi connectivity index (χ4v) is 4.13. The van der Waals surface area contributed by atoms with Gasteiger partial charge in [-0.1, -0.05) is 43.4 Å². The molecule has 1 nitrogen and oxygen atoms in total. The molecule has 0 saturated carbocycles. The Morgan fingerprint density at radius 1 is 1.33 bits per heavy atom. The van der Waals surface area contributed by atoms with Gasteiger partial charge >= 0.3 is 0 Å². The summed E-state index contributed by atoms with van der Waals surface area (Å²) in [5.74, 6) is 0. The minimum absolute atomic E-state index is 0.254. The van der Waals surface area contributed by atoms with Crippen molar-refractivity contribution in [3.63, 3.8) is 0 Å². The molecule has 1 rings (SSSR count). The maximum atomic E-state index is 9.14. The molecule has 1 aromatic rings. The quantitative estimate of drug-likeness (QED) is 0.756. The van der Waals surface area contributed by atoms with Crippen molar-refractivity contribution in [3.8, 4) is 0 Å². The van der Waals surface area contributed by atoms with Gasteiger partial charge in [0.25, 0.3) is 0 Å². The molecule has 0 spiro atoms. The molecule has 0 aliphatic heterocycles. The molecule has 1 aromatic carbocycles. The van der Waals surface area contributed by atoms with Gasteiger partial charge in [-0.25, -0.2) is 0 Å². The van der Waals surface area contributed by atoms with Crippen LogP contribution in [-0.2, 0) is 0 Å². The van der Waals surface area contributed by atoms with Gasteiger partial charge in [0.05, 0.1) is 8.07 Å². The van der Waals surface area contributed by atoms with Crippen LogP contribution < -0.4 is 0 Å². The summed E-state index contributed by atoms with van der Waals surface area (Å²) in [6.45, 7) is 8.79. The highest BCUT2D eigenvalue weighted by Gasteiger charge is 2.29. The lowest BCUT2D eigenvalue weighted by Crippen LogP contribution is -2.33. The van der Waals surface area contributed by atoms with Crippen molar-refractivity contribution in [2.24, 2.45) is 0 Å². The fraction of sp³-hybridized carbons (Fsp3) is 0.385. The first kappa shape index (κ1) is 12.2. The Bertz CT molecular complexity index is 306. The van der Waals surface area contributed by atoms with Crippen molar-refractivity contribution in [2.75, 3.05) is 6.61 Å². The Morgan fingerprint density at radius 3 is 2.40 bits per heavy atom. The van der Waals surface area contributed by atoms with Gasteiger partial charge in [0.1, 0.15) is 0 Å². The highest BCUT2D eigenvalue weighted by atomic mass is 28.3. The van der Waals surface area contributed by atoms with Gasteiger partial charge in [0.15, 0.2) is 0 Å². The lowest BCUT2D eigenvalue weighted by atomic mass is 10.1. The summed E-state index contributed by atoms with van der Waals surface area (Å²) in [7, 11) is -1.46. The maximum absolute atomic E-state index is 9.14. The molecule has 0 aromatic heterocycles. The summed E-state index contributed by atoms with van der Waals surface area (Å²) in [6.07, 6.45) is 0.843. The monoisotopic (exact) mass is 220 g/mol. The van der Waals surface area contributed by atoms with Gasteiger partial charge in [0, 0.05) is 6.61 Å². The molecule has 0 amide bonds. The van der Waals surface area contributed by atoms with E-state index in [1.165, 1.54) is 5.56 Å². The Labute approximate surface area is 93.5 Å². The van der Waals surface area contributed by atoms with Gasteiger partial charge in [-0.05, 0) is 17.5 Å². The van der Waals surface area contributed by atoms with Crippen molar-refractivity contribution in [1.82, 2.24) is 0 Å². The minimum atomic E-state index is -1.46. The predicted molar refractivity (Wildman–Crippen MR) is 68.6 cm³/mol. The highest BCUT2D eigenvalue weighted by Crippen LogP contribution is 2.30. The maximum Gasteiger partial charge on any atom is 0.0784 e. The lowest BCUT2D eigenvalue weighted by Gasteiger charge is -2.29. The highest BCUT2D eigenvalue weighted by molar-refractivity contribution is 6.83. The number of hydrogen-bond donors (Lipinski definition) is 1. The third-order valence-electron chi connectivity index (χ3n) is 3.04. The van der Waals surface area contributed by atoms with Gasteiger partial charge in [-0.3, -0.25) is 0 Å². The Hall–Kier alpha value is -0.863. The zero-order chi connectivity index (χ0) is 11.3. The zero-order valence-corrected chi connectivity index (χ0v) is 10.6. The zero-order valence-electron chi connectivity index (χ0n) is 9.61. The average Bonchev–Trinajstić information content (AvgIpc) is 2.27. The summed E-state index contributed by atoms with van der Waals surface area (Å²) in [4.78, 5) is 0. The smallest absolute Gasteiger partial charge is 0.0784 e. The van der Waals surface area contributed by atoms with Crippen LogP contribution in [-0.4, -0.2) is 19.8 Å². The Balaban J connectivity index is 2.98. The molecular formula is C13H20OSi. The number of aliphatic hydroxyl groups is 1. The molecule has 0 radical (unpaired) electrons. The summed E-state index contributed by atoms with van der Waals surface area (Å²) in [6, 6.07) is 10.5. The molecular weight excluding hydrogens is 200 g/mol. The lowest BCUT2D eigenvalue weighted by molar-refractivity contribution is 0.285. The standard InChI is InChI=1S/C13H20OSi/c1-4-15(2,3)13(10-11-14)12-8-6-5-7-9-12/h4-9,13-14H,1,10-11H2,2-3H3. The van der Waals surface area contributed by atoms with Crippen molar-refractivity contribution >= 4 is 8.07 Å². The average molecular weight is 220 g/mol. The molecule has 0 saturated heterocycles. The van der Waals surface area contributed by atoms with E-state index in [1.54, 1.807) is 0 Å². The second kappa shape index (κ2) is 5.28. The number of rotatable bonds is 5. The third-order valence-corrected chi connectivity index (χ3v) is 6.51. The van der Waals surface area contributed by atoms with Crippen molar-refractivity contribution < 1.29 is 5.11 Å². The molecule has 0 aliphatic rings. The van der Waals surface area contributed by atoms with E-state index in [1.807, 2.05) is 6.07 Å². The molecule has 2 heteroatoms. The van der Waals surface area contributed by atoms with Gasteiger partial charge < -0.3 is 5.11 Å². The largest absolute Gasteiger partial charge is 0.396 e. The molecule has 1 N–H and O–H groups in total. The summed E-state index contributed by atoms with van der Waals surface area (Å²) >= 11 is 0. The number of benzene rings is 1. The minimum Gasteiger partial charge on any atom is -0.396 e. The second-order valence-electron chi connectivity index (χ2n) is 4.50. The molecule has 82 valence electrons. The van der Waals surface area contributed by atoms with E-state index in [0.717, 1.165) is 6.42 Å². The molecule has 0 bridgehead atoms. The number of hydrogen-bond acceptors (Lipinski definition) is 1. The normalized spacial score (nSPS) is 13.5. The van der Waals surface area contributed by atoms with Crippen molar-refractivity contribution in [1.29, 1.82) is 0 Å². The van der Waals surface area contributed by atoms with E-state index >= 15 is 0 Å². The van der Waals surface area contributed by atoms with Crippen LogP contribution in [0.3, 0.4) is 0 Å². The first-order valence-electron chi connectivity index (χ1n) is 5.41. The topological polar surface area (TPSA) is 20.2 Å². The summed E-state index contributed by atoms with van der Waals surface area (Å²) < 4.78 is 0. The molecule has 0 fully saturated rings. The van der Waals surface area contributed by atoms with Crippen LogP contribution in [0.5, 0.6) is 0 Å². The van der Waals surface area contributed by atoms with Gasteiger partial charge in [0.2, 0.25) is 0 Å². The molecule has 1 unspecified atom stereocenters. The van der Waals surface area contributed by atoms with Gasteiger partial charge in [-0.2, -0.15) is 0 Å². The van der Waals surface area contributed by atoms with Crippen LogP contribution in [0.25, 0.3) is 0 Å². The summed E-state index contributed by atoms with van der Waals surface area (Å²) in [5.41, 5.74) is 3.92. The Kier molecular flexibility index (Phi) is 4.30. The van der Waals surface area contributed by atoms with Crippen molar-refractivity contribution in [3.05, 3.63) is 48.2 Å². The molecule has 0 heterocycles. The predicted octanol–water partition coefficient (Wildman–Crippen LogP) is 3.13. The summed E-state index contributed by atoms with van der Waals surface area (Å²) in [5, 5.41) is 9.14. The van der Waals surface area contributed by atoms with Crippen LogP contribution in [0.1, 0.15) is 17.5 Å². The first-order valence-corrected chi connectivity index (χ1v) is 8.56. The van der Waals surface area contributed by atoms with Crippen LogP contribution in [0.2, 0.25) is 13.1 Å². The van der Waals surface area contributed by atoms with Crippen LogP contribution >= 0.6 is 0 Å². The third kappa shape index (κ3) is 3.04. The van der Waals surface area contributed by atoms with Gasteiger partial charge in [-0.15, -0.1) is 12.3 Å². The first-order chi connectivity index (χ1) is 7.11. The Morgan fingerprint density at radius 2 is 1.93 bits per heavy atom.